The highest BCUT2D eigenvalue weighted by molar-refractivity contribution is 7.17. The van der Waals surface area contributed by atoms with Gasteiger partial charge in [-0.05, 0) is 36.8 Å². The van der Waals surface area contributed by atoms with Crippen LogP contribution in [0.4, 0.5) is 11.8 Å². The molecular weight excluding hydrogens is 414 g/mol. The van der Waals surface area contributed by atoms with Crippen LogP contribution in [0.5, 0.6) is 11.5 Å². The molecule has 0 atom stereocenters. The highest BCUT2D eigenvalue weighted by Crippen LogP contribution is 2.41. The van der Waals surface area contributed by atoms with Crippen molar-refractivity contribution in [3.8, 4) is 22.6 Å². The van der Waals surface area contributed by atoms with Crippen LogP contribution in [0.1, 0.15) is 11.4 Å². The molecule has 31 heavy (non-hydrogen) atoms. The molecule has 1 aliphatic rings. The molecule has 0 saturated carbocycles. The lowest BCUT2D eigenvalue weighted by atomic mass is 10.1. The van der Waals surface area contributed by atoms with E-state index in [0.717, 1.165) is 44.2 Å². The molecule has 0 unspecified atom stereocenters. The van der Waals surface area contributed by atoms with E-state index in [-0.39, 0.29) is 13.4 Å². The molecule has 0 fully saturated rings. The average molecular weight is 436 g/mol. The minimum atomic E-state index is 0.00422. The van der Waals surface area contributed by atoms with Crippen LogP contribution in [0.2, 0.25) is 0 Å². The van der Waals surface area contributed by atoms with Crippen molar-refractivity contribution in [2.75, 3.05) is 30.6 Å². The number of pyridine rings is 1. The summed E-state index contributed by atoms with van der Waals surface area (Å²) in [4.78, 5) is 14.7. The van der Waals surface area contributed by atoms with Crippen LogP contribution in [0.15, 0.2) is 41.8 Å². The van der Waals surface area contributed by atoms with Gasteiger partial charge in [0.05, 0.1) is 24.2 Å². The summed E-state index contributed by atoms with van der Waals surface area (Å²) in [7, 11) is 0. The summed E-state index contributed by atoms with van der Waals surface area (Å²) in [5.41, 5.74) is 3.92. The Labute approximate surface area is 182 Å². The second-order valence-corrected chi connectivity index (χ2v) is 7.93. The number of rotatable bonds is 7. The number of hydrogen-bond acceptors (Lipinski definition) is 9. The molecule has 3 N–H and O–H groups in total. The van der Waals surface area contributed by atoms with Gasteiger partial charge in [0.1, 0.15) is 10.6 Å². The number of aliphatic hydroxyl groups is 1. The number of aliphatic hydroxyl groups excluding tert-OH is 1. The van der Waals surface area contributed by atoms with Crippen LogP contribution in [-0.2, 0) is 6.54 Å². The smallest absolute Gasteiger partial charge is 0.231 e. The first-order valence-electron chi connectivity index (χ1n) is 9.91. The van der Waals surface area contributed by atoms with E-state index in [2.05, 4.69) is 31.0 Å². The fourth-order valence-electron chi connectivity index (χ4n) is 3.47. The van der Waals surface area contributed by atoms with Gasteiger partial charge in [-0.1, -0.05) is 12.1 Å². The molecule has 0 amide bonds. The number of nitrogens with zero attached hydrogens (tertiary/aromatic N) is 3. The quantitative estimate of drug-likeness (QED) is 0.403. The van der Waals surface area contributed by atoms with Gasteiger partial charge in [0.15, 0.2) is 11.5 Å². The van der Waals surface area contributed by atoms with Gasteiger partial charge >= 0.3 is 0 Å². The molecule has 9 heteroatoms. The van der Waals surface area contributed by atoms with Crippen LogP contribution in [-0.4, -0.2) is 40.0 Å². The standard InChI is InChI=1S/C22H21N5O3S/c1-13-3-2-4-15(25-13)10-24-20-19-16(14-5-6-17-18(9-14)30-12-29-17)11-31-21(19)27-22(26-20)23-7-8-28/h2-6,9,11,28H,7-8,10,12H2,1H3,(H2,23,24,26,27). The van der Waals surface area contributed by atoms with E-state index in [4.69, 9.17) is 14.6 Å². The Morgan fingerprint density at radius 2 is 1.97 bits per heavy atom. The van der Waals surface area contributed by atoms with Crippen molar-refractivity contribution in [1.29, 1.82) is 0 Å². The monoisotopic (exact) mass is 435 g/mol. The van der Waals surface area contributed by atoms with Gasteiger partial charge in [-0.3, -0.25) is 4.98 Å². The maximum absolute atomic E-state index is 9.16. The topological polar surface area (TPSA) is 101 Å². The number of aromatic nitrogens is 3. The van der Waals surface area contributed by atoms with E-state index in [1.165, 1.54) is 0 Å². The van der Waals surface area contributed by atoms with Gasteiger partial charge in [0.25, 0.3) is 0 Å². The Morgan fingerprint density at radius 3 is 2.84 bits per heavy atom. The van der Waals surface area contributed by atoms with Gasteiger partial charge in [-0.2, -0.15) is 4.98 Å². The fraction of sp³-hybridized carbons (Fsp3) is 0.227. The third-order valence-corrected chi connectivity index (χ3v) is 5.77. The maximum Gasteiger partial charge on any atom is 0.231 e. The number of benzene rings is 1. The van der Waals surface area contributed by atoms with Crippen LogP contribution < -0.4 is 20.1 Å². The van der Waals surface area contributed by atoms with Crippen LogP contribution in [0.3, 0.4) is 0 Å². The molecule has 4 aromatic rings. The molecule has 0 aliphatic carbocycles. The normalized spacial score (nSPS) is 12.3. The van der Waals surface area contributed by atoms with E-state index in [1.807, 2.05) is 43.3 Å². The molecule has 4 heterocycles. The lowest BCUT2D eigenvalue weighted by molar-refractivity contribution is 0.174. The predicted octanol–water partition coefficient (Wildman–Crippen LogP) is 3.81. The summed E-state index contributed by atoms with van der Waals surface area (Å²) in [6.07, 6.45) is 0. The van der Waals surface area contributed by atoms with Gasteiger partial charge in [-0.15, -0.1) is 11.3 Å². The van der Waals surface area contributed by atoms with E-state index < -0.39 is 0 Å². The number of nitrogens with one attached hydrogen (secondary N) is 2. The summed E-state index contributed by atoms with van der Waals surface area (Å²) in [6.45, 7) is 3.13. The minimum absolute atomic E-state index is 0.00422. The van der Waals surface area contributed by atoms with E-state index >= 15 is 0 Å². The SMILES string of the molecule is Cc1cccc(CNc2nc(NCCO)nc3scc(-c4ccc5c(c4)OCO5)c23)n1. The third kappa shape index (κ3) is 3.97. The Bertz CT molecular complexity index is 1240. The molecule has 8 nitrogen and oxygen atoms in total. The molecule has 1 aliphatic heterocycles. The van der Waals surface area contributed by atoms with Crippen molar-refractivity contribution in [2.45, 2.75) is 13.5 Å². The highest BCUT2D eigenvalue weighted by atomic mass is 32.1. The molecule has 3 aromatic heterocycles. The molecule has 0 radical (unpaired) electrons. The van der Waals surface area contributed by atoms with E-state index in [9.17, 15) is 0 Å². The lowest BCUT2D eigenvalue weighted by Gasteiger charge is -2.11. The van der Waals surface area contributed by atoms with Crippen molar-refractivity contribution in [3.05, 3.63) is 53.2 Å². The Hall–Kier alpha value is -3.43. The first-order valence-corrected chi connectivity index (χ1v) is 10.8. The second-order valence-electron chi connectivity index (χ2n) is 7.07. The second kappa shape index (κ2) is 8.37. The summed E-state index contributed by atoms with van der Waals surface area (Å²) in [6, 6.07) is 11.9. The molecule has 0 bridgehead atoms. The maximum atomic E-state index is 9.16. The van der Waals surface area contributed by atoms with Crippen molar-refractivity contribution in [1.82, 2.24) is 15.0 Å². The molecular formula is C22H21N5O3S. The van der Waals surface area contributed by atoms with Crippen LogP contribution in [0.25, 0.3) is 21.3 Å². The van der Waals surface area contributed by atoms with Crippen LogP contribution >= 0.6 is 11.3 Å². The van der Waals surface area contributed by atoms with Crippen molar-refractivity contribution in [2.24, 2.45) is 0 Å². The van der Waals surface area contributed by atoms with Crippen molar-refractivity contribution < 1.29 is 14.6 Å². The summed E-state index contributed by atoms with van der Waals surface area (Å²) in [5.74, 6) is 2.67. The largest absolute Gasteiger partial charge is 0.454 e. The zero-order chi connectivity index (χ0) is 21.2. The van der Waals surface area contributed by atoms with E-state index in [1.54, 1.807) is 11.3 Å². The predicted molar refractivity (Wildman–Crippen MR) is 121 cm³/mol. The summed E-state index contributed by atoms with van der Waals surface area (Å²) >= 11 is 1.55. The van der Waals surface area contributed by atoms with E-state index in [0.29, 0.717) is 24.9 Å². The van der Waals surface area contributed by atoms with Gasteiger partial charge in [0, 0.05) is 23.2 Å². The fourth-order valence-corrected chi connectivity index (χ4v) is 4.41. The Morgan fingerprint density at radius 1 is 1.06 bits per heavy atom. The van der Waals surface area contributed by atoms with Crippen LogP contribution in [0, 0.1) is 6.92 Å². The number of ether oxygens (including phenoxy) is 2. The average Bonchev–Trinajstić information content (AvgIpc) is 3.42. The number of aryl methyl sites for hydroxylation is 1. The number of thiophene rings is 1. The number of anilines is 2. The first-order chi connectivity index (χ1) is 15.2. The minimum Gasteiger partial charge on any atom is -0.454 e. The van der Waals surface area contributed by atoms with Gasteiger partial charge in [-0.25, -0.2) is 4.98 Å². The van der Waals surface area contributed by atoms with Gasteiger partial charge in [0.2, 0.25) is 12.7 Å². The first kappa shape index (κ1) is 19.5. The van der Waals surface area contributed by atoms with Crippen molar-refractivity contribution in [3.63, 3.8) is 0 Å². The number of fused-ring (bicyclic) bond motifs is 2. The zero-order valence-corrected chi connectivity index (χ0v) is 17.7. The zero-order valence-electron chi connectivity index (χ0n) is 16.9. The van der Waals surface area contributed by atoms with Gasteiger partial charge < -0.3 is 25.2 Å². The molecule has 5 rings (SSSR count). The summed E-state index contributed by atoms with van der Waals surface area (Å²) < 4.78 is 11.0. The molecule has 0 spiro atoms. The number of hydrogen-bond donors (Lipinski definition) is 3. The lowest BCUT2D eigenvalue weighted by Crippen LogP contribution is -2.11. The van der Waals surface area contributed by atoms with Crippen molar-refractivity contribution >= 4 is 33.3 Å². The summed E-state index contributed by atoms with van der Waals surface area (Å²) in [5, 5.41) is 18.7. The third-order valence-electron chi connectivity index (χ3n) is 4.90. The molecule has 158 valence electrons. The molecule has 1 aromatic carbocycles. The Kier molecular flexibility index (Phi) is 5.27. The Balaban J connectivity index is 1.56. The molecule has 0 saturated heterocycles. The highest BCUT2D eigenvalue weighted by Gasteiger charge is 2.19.